The van der Waals surface area contributed by atoms with Crippen molar-refractivity contribution in [3.8, 4) is 11.6 Å². The number of carbonyl (C=O) groups excluding carboxylic acids is 1. The Hall–Kier alpha value is -2.29. The molecule has 1 amide bonds. The van der Waals surface area contributed by atoms with E-state index in [0.29, 0.717) is 0 Å². The van der Waals surface area contributed by atoms with Gasteiger partial charge in [0.05, 0.1) is 0 Å². The second kappa shape index (κ2) is 6.44. The minimum Gasteiger partial charge on any atom is -0.472 e. The first kappa shape index (κ1) is 15.1. The third kappa shape index (κ3) is 3.85. The molecular formula is C12H11F2N3O3S. The molecule has 0 aliphatic heterocycles. The number of alkyl halides is 2. The van der Waals surface area contributed by atoms with Crippen molar-refractivity contribution in [2.24, 2.45) is 5.73 Å². The van der Waals surface area contributed by atoms with Crippen molar-refractivity contribution in [2.75, 3.05) is 0 Å². The zero-order chi connectivity index (χ0) is 15.4. The number of halogens is 2. The average Bonchev–Trinajstić information content (AvgIpc) is 2.82. The number of carbonyl (C=O) groups is 1. The molecule has 2 rings (SSSR count). The van der Waals surface area contributed by atoms with E-state index in [0.717, 1.165) is 0 Å². The lowest BCUT2D eigenvalue weighted by Gasteiger charge is -2.13. The molecule has 0 radical (unpaired) electrons. The number of ether oxygens (including phenoxy) is 2. The molecule has 1 aromatic carbocycles. The molecule has 0 fully saturated rings. The zero-order valence-corrected chi connectivity index (χ0v) is 11.5. The smallest absolute Gasteiger partial charge is 0.387 e. The van der Waals surface area contributed by atoms with Gasteiger partial charge in [-0.15, -0.1) is 5.10 Å². The van der Waals surface area contributed by atoms with Gasteiger partial charge in [0.25, 0.3) is 0 Å². The van der Waals surface area contributed by atoms with E-state index in [2.05, 4.69) is 22.7 Å². The van der Waals surface area contributed by atoms with E-state index in [4.69, 9.17) is 10.5 Å². The minimum atomic E-state index is -3.02. The fourth-order valence-electron chi connectivity index (χ4n) is 1.67. The van der Waals surface area contributed by atoms with Crippen molar-refractivity contribution >= 4 is 18.7 Å². The standard InChI is InChI=1S/C12H11F2N3O3S/c13-12(14)20-9-3-1-2-7(11(15)18)8(9)6-19-10-4-5-17(21)16-10/h1-5,12,21H,6H2,(H2,15,18). The number of nitrogens with zero attached hydrogens (tertiary/aromatic N) is 2. The van der Waals surface area contributed by atoms with Crippen molar-refractivity contribution in [3.63, 3.8) is 0 Å². The molecule has 0 atom stereocenters. The zero-order valence-electron chi connectivity index (χ0n) is 10.6. The topological polar surface area (TPSA) is 79.4 Å². The van der Waals surface area contributed by atoms with Crippen LogP contribution in [0.15, 0.2) is 30.5 Å². The first-order valence-corrected chi connectivity index (χ1v) is 6.11. The molecule has 9 heteroatoms. The van der Waals surface area contributed by atoms with Gasteiger partial charge in [-0.05, 0) is 24.9 Å². The van der Waals surface area contributed by atoms with E-state index >= 15 is 0 Å². The molecule has 0 saturated carbocycles. The largest absolute Gasteiger partial charge is 0.472 e. The quantitative estimate of drug-likeness (QED) is 0.797. The summed E-state index contributed by atoms with van der Waals surface area (Å²) in [5, 5.41) is 3.84. The van der Waals surface area contributed by atoms with E-state index < -0.39 is 12.5 Å². The first-order chi connectivity index (χ1) is 9.97. The van der Waals surface area contributed by atoms with Crippen LogP contribution in [0.25, 0.3) is 0 Å². The fraction of sp³-hybridized carbons (Fsp3) is 0.167. The molecule has 0 spiro atoms. The van der Waals surface area contributed by atoms with Crippen LogP contribution < -0.4 is 15.2 Å². The van der Waals surface area contributed by atoms with Crippen molar-refractivity contribution in [1.29, 1.82) is 0 Å². The predicted octanol–water partition coefficient (Wildman–Crippen LogP) is 1.86. The molecule has 2 N–H and O–H groups in total. The van der Waals surface area contributed by atoms with Crippen LogP contribution >= 0.6 is 12.8 Å². The van der Waals surface area contributed by atoms with Crippen LogP contribution in [0.1, 0.15) is 15.9 Å². The summed E-state index contributed by atoms with van der Waals surface area (Å²) < 4.78 is 35.7. The Balaban J connectivity index is 2.27. The molecule has 6 nitrogen and oxygen atoms in total. The highest BCUT2D eigenvalue weighted by Gasteiger charge is 2.17. The summed E-state index contributed by atoms with van der Waals surface area (Å²) in [6.07, 6.45) is 1.52. The molecule has 0 unspecified atom stereocenters. The number of rotatable bonds is 6. The lowest BCUT2D eigenvalue weighted by Crippen LogP contribution is -2.16. The second-order valence-electron chi connectivity index (χ2n) is 3.89. The number of thiol groups is 1. The van der Waals surface area contributed by atoms with Gasteiger partial charge < -0.3 is 15.2 Å². The van der Waals surface area contributed by atoms with Gasteiger partial charge in [-0.25, -0.2) is 4.09 Å². The van der Waals surface area contributed by atoms with Crippen LogP contribution in [0, 0.1) is 0 Å². The Morgan fingerprint density at radius 2 is 2.19 bits per heavy atom. The van der Waals surface area contributed by atoms with Crippen LogP contribution in [-0.2, 0) is 6.61 Å². The average molecular weight is 315 g/mol. The molecule has 1 aromatic heterocycles. The maximum Gasteiger partial charge on any atom is 0.387 e. The van der Waals surface area contributed by atoms with E-state index in [9.17, 15) is 13.6 Å². The van der Waals surface area contributed by atoms with Crippen LogP contribution in [0.5, 0.6) is 11.6 Å². The van der Waals surface area contributed by atoms with E-state index in [1.807, 2.05) is 0 Å². The highest BCUT2D eigenvalue weighted by molar-refractivity contribution is 7.78. The monoisotopic (exact) mass is 315 g/mol. The lowest BCUT2D eigenvalue weighted by molar-refractivity contribution is -0.0509. The Morgan fingerprint density at radius 1 is 1.43 bits per heavy atom. The summed E-state index contributed by atoms with van der Waals surface area (Å²) in [5.41, 5.74) is 5.38. The van der Waals surface area contributed by atoms with Gasteiger partial charge in [0.2, 0.25) is 11.8 Å². The maximum atomic E-state index is 12.4. The maximum absolute atomic E-state index is 12.4. The van der Waals surface area contributed by atoms with Gasteiger partial charge in [0.15, 0.2) is 0 Å². The molecule has 0 saturated heterocycles. The number of hydrogen-bond acceptors (Lipinski definition) is 5. The fourth-order valence-corrected chi connectivity index (χ4v) is 1.83. The molecule has 1 heterocycles. The molecular weight excluding hydrogens is 304 g/mol. The van der Waals surface area contributed by atoms with E-state index in [-0.39, 0.29) is 29.4 Å². The lowest BCUT2D eigenvalue weighted by atomic mass is 10.1. The predicted molar refractivity (Wildman–Crippen MR) is 72.5 cm³/mol. The first-order valence-electron chi connectivity index (χ1n) is 5.71. The molecule has 112 valence electrons. The Morgan fingerprint density at radius 3 is 2.76 bits per heavy atom. The summed E-state index contributed by atoms with van der Waals surface area (Å²) in [5.74, 6) is -0.730. The van der Waals surface area contributed by atoms with Crippen molar-refractivity contribution < 1.29 is 23.0 Å². The number of nitrogens with two attached hydrogens (primary N) is 1. The third-order valence-corrected chi connectivity index (χ3v) is 2.75. The molecule has 0 aliphatic carbocycles. The third-order valence-electron chi connectivity index (χ3n) is 2.53. The van der Waals surface area contributed by atoms with Crippen molar-refractivity contribution in [3.05, 3.63) is 41.6 Å². The van der Waals surface area contributed by atoms with Gasteiger partial charge >= 0.3 is 6.61 Å². The van der Waals surface area contributed by atoms with Gasteiger partial charge in [0.1, 0.15) is 12.4 Å². The Kier molecular flexibility index (Phi) is 4.63. The molecule has 2 aromatic rings. The number of benzene rings is 1. The molecule has 0 aliphatic rings. The van der Waals surface area contributed by atoms with Gasteiger partial charge in [-0.3, -0.25) is 4.79 Å². The Bertz CT molecular complexity index is 648. The summed E-state index contributed by atoms with van der Waals surface area (Å²) in [6.45, 7) is -3.23. The van der Waals surface area contributed by atoms with Gasteiger partial charge in [0, 0.05) is 23.4 Å². The van der Waals surface area contributed by atoms with Gasteiger partial charge in [-0.2, -0.15) is 8.78 Å². The molecule has 21 heavy (non-hydrogen) atoms. The highest BCUT2D eigenvalue weighted by atomic mass is 32.1. The van der Waals surface area contributed by atoms with Crippen LogP contribution in [0.3, 0.4) is 0 Å². The summed E-state index contributed by atoms with van der Waals surface area (Å²) in [4.78, 5) is 11.4. The van der Waals surface area contributed by atoms with Crippen molar-refractivity contribution in [2.45, 2.75) is 13.2 Å². The van der Waals surface area contributed by atoms with Gasteiger partial charge in [-0.1, -0.05) is 6.07 Å². The molecule has 0 bridgehead atoms. The van der Waals surface area contributed by atoms with Crippen molar-refractivity contribution in [1.82, 2.24) is 9.19 Å². The normalized spacial score (nSPS) is 10.7. The van der Waals surface area contributed by atoms with E-state index in [1.54, 1.807) is 0 Å². The summed E-state index contributed by atoms with van der Waals surface area (Å²) in [6, 6.07) is 5.61. The van der Waals surface area contributed by atoms with Crippen LogP contribution in [0.4, 0.5) is 8.78 Å². The van der Waals surface area contributed by atoms with E-state index in [1.165, 1.54) is 34.5 Å². The number of aromatic nitrogens is 2. The SMILES string of the molecule is NC(=O)c1cccc(OC(F)F)c1COc1ccn(S)n1. The van der Waals surface area contributed by atoms with Crippen LogP contribution in [0.2, 0.25) is 0 Å². The number of hydrogen-bond donors (Lipinski definition) is 2. The summed E-state index contributed by atoms with van der Waals surface area (Å²) in [7, 11) is 0. The summed E-state index contributed by atoms with van der Waals surface area (Å²) >= 11 is 3.93. The Labute approximate surface area is 124 Å². The minimum absolute atomic E-state index is 0.0402. The second-order valence-corrected chi connectivity index (χ2v) is 4.30. The van der Waals surface area contributed by atoms with Crippen LogP contribution in [-0.4, -0.2) is 21.7 Å². The highest BCUT2D eigenvalue weighted by Crippen LogP contribution is 2.25. The number of primary amides is 1. The number of amides is 1.